The summed E-state index contributed by atoms with van der Waals surface area (Å²) < 4.78 is 0. The van der Waals surface area contributed by atoms with E-state index in [1.54, 1.807) is 0 Å². The first kappa shape index (κ1) is 12.4. The van der Waals surface area contributed by atoms with E-state index < -0.39 is 0 Å². The normalized spacial score (nSPS) is 20.1. The van der Waals surface area contributed by atoms with E-state index in [0.717, 1.165) is 26.1 Å². The van der Waals surface area contributed by atoms with E-state index in [2.05, 4.69) is 55.3 Å². The van der Waals surface area contributed by atoms with Crippen molar-refractivity contribution in [2.45, 2.75) is 39.2 Å². The van der Waals surface area contributed by atoms with Crippen molar-refractivity contribution in [1.29, 1.82) is 0 Å². The number of anilines is 1. The van der Waals surface area contributed by atoms with Gasteiger partial charge in [0.25, 0.3) is 0 Å². The van der Waals surface area contributed by atoms with Crippen LogP contribution in [0.3, 0.4) is 0 Å². The van der Waals surface area contributed by atoms with Gasteiger partial charge in [-0.25, -0.2) is 0 Å². The highest BCUT2D eigenvalue weighted by Crippen LogP contribution is 2.25. The largest absolute Gasteiger partial charge is 0.365 e. The van der Waals surface area contributed by atoms with Gasteiger partial charge in [0.15, 0.2) is 0 Å². The molecule has 0 unspecified atom stereocenters. The summed E-state index contributed by atoms with van der Waals surface area (Å²) in [6, 6.07) is 9.05. The van der Waals surface area contributed by atoms with E-state index in [1.807, 2.05) is 0 Å². The minimum atomic E-state index is 0.199. The minimum Gasteiger partial charge on any atom is -0.365 e. The molecule has 1 saturated heterocycles. The summed E-state index contributed by atoms with van der Waals surface area (Å²) in [4.78, 5) is 2.53. The maximum Gasteiger partial charge on any atom is 0.0470 e. The van der Waals surface area contributed by atoms with Crippen LogP contribution < -0.4 is 10.2 Å². The van der Waals surface area contributed by atoms with Crippen LogP contribution in [0.5, 0.6) is 0 Å². The van der Waals surface area contributed by atoms with Gasteiger partial charge in [-0.05, 0) is 50.9 Å². The van der Waals surface area contributed by atoms with Crippen molar-refractivity contribution in [3.8, 4) is 0 Å². The summed E-state index contributed by atoms with van der Waals surface area (Å²) in [5.41, 5.74) is 2.97. The average molecular weight is 232 g/mol. The Balaban J connectivity index is 2.23. The average Bonchev–Trinajstić information content (AvgIpc) is 2.50. The van der Waals surface area contributed by atoms with Gasteiger partial charge in [-0.3, -0.25) is 0 Å². The second kappa shape index (κ2) is 5.09. The predicted molar refractivity (Wildman–Crippen MR) is 74.7 cm³/mol. The van der Waals surface area contributed by atoms with Gasteiger partial charge in [0.2, 0.25) is 0 Å². The molecule has 1 aromatic rings. The van der Waals surface area contributed by atoms with Crippen molar-refractivity contribution in [2.24, 2.45) is 0 Å². The summed E-state index contributed by atoms with van der Waals surface area (Å²) >= 11 is 0. The lowest BCUT2D eigenvalue weighted by Gasteiger charge is -2.39. The van der Waals surface area contributed by atoms with Crippen LogP contribution in [-0.2, 0) is 6.42 Å². The van der Waals surface area contributed by atoms with Crippen molar-refractivity contribution in [2.75, 3.05) is 24.5 Å². The lowest BCUT2D eigenvalue weighted by molar-refractivity contribution is 0.462. The van der Waals surface area contributed by atoms with Gasteiger partial charge >= 0.3 is 0 Å². The Morgan fingerprint density at radius 3 is 2.59 bits per heavy atom. The molecule has 0 aliphatic carbocycles. The van der Waals surface area contributed by atoms with Crippen LogP contribution in [0.25, 0.3) is 0 Å². The van der Waals surface area contributed by atoms with Crippen molar-refractivity contribution >= 4 is 5.69 Å². The van der Waals surface area contributed by atoms with E-state index >= 15 is 0 Å². The molecular weight excluding hydrogens is 208 g/mol. The van der Waals surface area contributed by atoms with Gasteiger partial charge in [-0.15, -0.1) is 0 Å². The van der Waals surface area contributed by atoms with Crippen LogP contribution in [0.1, 0.15) is 32.8 Å². The van der Waals surface area contributed by atoms with Crippen molar-refractivity contribution in [3.05, 3.63) is 29.8 Å². The number of benzene rings is 1. The smallest absolute Gasteiger partial charge is 0.0470 e. The number of aryl methyl sites for hydroxylation is 1. The Labute approximate surface area is 105 Å². The van der Waals surface area contributed by atoms with Crippen LogP contribution in [0.15, 0.2) is 24.3 Å². The standard InChI is InChI=1S/C15H24N2/c1-4-13-6-8-14(9-7-13)17-11-5-10-16-12-15(17,2)3/h6-9,16H,4-5,10-12H2,1-3H3. The topological polar surface area (TPSA) is 15.3 Å². The van der Waals surface area contributed by atoms with E-state index in [-0.39, 0.29) is 5.54 Å². The summed E-state index contributed by atoms with van der Waals surface area (Å²) in [5, 5.41) is 3.52. The molecule has 0 bridgehead atoms. The number of nitrogens with zero attached hydrogens (tertiary/aromatic N) is 1. The third kappa shape index (κ3) is 2.81. The molecule has 2 nitrogen and oxygen atoms in total. The molecule has 1 fully saturated rings. The molecule has 1 N–H and O–H groups in total. The fourth-order valence-electron chi connectivity index (χ4n) is 2.54. The second-order valence-corrected chi connectivity index (χ2v) is 5.51. The molecule has 94 valence electrons. The van der Waals surface area contributed by atoms with Crippen LogP contribution in [0, 0.1) is 0 Å². The number of hydrogen-bond acceptors (Lipinski definition) is 2. The maximum absolute atomic E-state index is 3.52. The van der Waals surface area contributed by atoms with E-state index in [9.17, 15) is 0 Å². The highest BCUT2D eigenvalue weighted by Gasteiger charge is 2.28. The predicted octanol–water partition coefficient (Wildman–Crippen LogP) is 2.83. The van der Waals surface area contributed by atoms with Gasteiger partial charge in [0.1, 0.15) is 0 Å². The fraction of sp³-hybridized carbons (Fsp3) is 0.600. The molecule has 1 aliphatic rings. The van der Waals surface area contributed by atoms with E-state index in [1.165, 1.54) is 17.7 Å². The number of nitrogens with one attached hydrogen (secondary N) is 1. The summed E-state index contributed by atoms with van der Waals surface area (Å²) in [7, 11) is 0. The zero-order valence-corrected chi connectivity index (χ0v) is 11.3. The third-order valence-electron chi connectivity index (χ3n) is 3.68. The molecule has 0 atom stereocenters. The van der Waals surface area contributed by atoms with E-state index in [4.69, 9.17) is 0 Å². The molecule has 1 heterocycles. The molecule has 2 rings (SSSR count). The fourth-order valence-corrected chi connectivity index (χ4v) is 2.54. The Bertz CT molecular complexity index is 354. The molecular formula is C15H24N2. The lowest BCUT2D eigenvalue weighted by atomic mass is 10.0. The third-order valence-corrected chi connectivity index (χ3v) is 3.68. The quantitative estimate of drug-likeness (QED) is 0.843. The van der Waals surface area contributed by atoms with Crippen LogP contribution in [0.4, 0.5) is 5.69 Å². The van der Waals surface area contributed by atoms with Crippen molar-refractivity contribution < 1.29 is 0 Å². The van der Waals surface area contributed by atoms with Crippen LogP contribution in [-0.4, -0.2) is 25.2 Å². The van der Waals surface area contributed by atoms with Gasteiger partial charge in [-0.1, -0.05) is 19.1 Å². The molecule has 2 heteroatoms. The second-order valence-electron chi connectivity index (χ2n) is 5.51. The molecule has 0 amide bonds. The van der Waals surface area contributed by atoms with Crippen LogP contribution in [0.2, 0.25) is 0 Å². The van der Waals surface area contributed by atoms with Crippen LogP contribution >= 0.6 is 0 Å². The Hall–Kier alpha value is -1.02. The molecule has 17 heavy (non-hydrogen) atoms. The Morgan fingerprint density at radius 1 is 1.24 bits per heavy atom. The van der Waals surface area contributed by atoms with Crippen molar-refractivity contribution in [1.82, 2.24) is 5.32 Å². The Morgan fingerprint density at radius 2 is 1.94 bits per heavy atom. The first-order chi connectivity index (χ1) is 8.13. The van der Waals surface area contributed by atoms with Gasteiger partial charge in [0.05, 0.1) is 0 Å². The van der Waals surface area contributed by atoms with Gasteiger partial charge < -0.3 is 10.2 Å². The number of rotatable bonds is 2. The first-order valence-electron chi connectivity index (χ1n) is 6.71. The SMILES string of the molecule is CCc1ccc(N2CCCNCC2(C)C)cc1. The minimum absolute atomic E-state index is 0.199. The van der Waals surface area contributed by atoms with E-state index in [0.29, 0.717) is 0 Å². The first-order valence-corrected chi connectivity index (χ1v) is 6.71. The molecule has 0 spiro atoms. The number of hydrogen-bond donors (Lipinski definition) is 1. The Kier molecular flexibility index (Phi) is 3.72. The summed E-state index contributed by atoms with van der Waals surface area (Å²) in [6.45, 7) is 10.2. The summed E-state index contributed by atoms with van der Waals surface area (Å²) in [5.74, 6) is 0. The molecule has 1 aromatic carbocycles. The molecule has 0 radical (unpaired) electrons. The molecule has 0 aromatic heterocycles. The summed E-state index contributed by atoms with van der Waals surface area (Å²) in [6.07, 6.45) is 2.34. The monoisotopic (exact) mass is 232 g/mol. The highest BCUT2D eigenvalue weighted by atomic mass is 15.2. The van der Waals surface area contributed by atoms with Gasteiger partial charge in [0, 0.05) is 24.3 Å². The lowest BCUT2D eigenvalue weighted by Crippen LogP contribution is -2.48. The highest BCUT2D eigenvalue weighted by molar-refractivity contribution is 5.50. The molecule has 0 saturated carbocycles. The zero-order valence-electron chi connectivity index (χ0n) is 11.3. The zero-order chi connectivity index (χ0) is 12.3. The van der Waals surface area contributed by atoms with Gasteiger partial charge in [-0.2, -0.15) is 0 Å². The van der Waals surface area contributed by atoms with Crippen molar-refractivity contribution in [3.63, 3.8) is 0 Å². The molecule has 1 aliphatic heterocycles. The maximum atomic E-state index is 3.52.